The van der Waals surface area contributed by atoms with Gasteiger partial charge >= 0.3 is 12.0 Å². The predicted molar refractivity (Wildman–Crippen MR) is 97.3 cm³/mol. The molecule has 1 heterocycles. The summed E-state index contributed by atoms with van der Waals surface area (Å²) >= 11 is 5.81. The topological polar surface area (TPSA) is 68.3 Å². The van der Waals surface area contributed by atoms with Crippen molar-refractivity contribution in [2.24, 2.45) is 0 Å². The highest BCUT2D eigenvalue weighted by atomic mass is 35.5. The van der Waals surface area contributed by atoms with Crippen LogP contribution in [-0.4, -0.2) is 29.3 Å². The molecule has 8 heteroatoms. The van der Waals surface area contributed by atoms with Gasteiger partial charge in [0, 0.05) is 6.20 Å². The number of benzene rings is 1. The predicted octanol–water partition coefficient (Wildman–Crippen LogP) is 4.00. The minimum absolute atomic E-state index is 0.0682. The molecule has 0 aliphatic rings. The van der Waals surface area contributed by atoms with Crippen molar-refractivity contribution in [3.8, 4) is 5.75 Å². The summed E-state index contributed by atoms with van der Waals surface area (Å²) in [6.07, 6.45) is -2.81. The van der Waals surface area contributed by atoms with Crippen molar-refractivity contribution >= 4 is 23.3 Å². The molecule has 0 fully saturated rings. The lowest BCUT2D eigenvalue weighted by Gasteiger charge is -2.20. The number of ketones is 1. The quantitative estimate of drug-likeness (QED) is 0.749. The number of nitrogens with one attached hydrogen (secondary N) is 1. The summed E-state index contributed by atoms with van der Waals surface area (Å²) in [6, 6.07) is 8.97. The van der Waals surface area contributed by atoms with E-state index in [-0.39, 0.29) is 21.9 Å². The van der Waals surface area contributed by atoms with Crippen LogP contribution in [0.5, 0.6) is 5.75 Å². The third-order valence-electron chi connectivity index (χ3n) is 3.66. The van der Waals surface area contributed by atoms with Gasteiger partial charge in [0.15, 0.2) is 0 Å². The summed E-state index contributed by atoms with van der Waals surface area (Å²) in [5.74, 6) is -2.59. The van der Waals surface area contributed by atoms with Crippen molar-refractivity contribution in [3.63, 3.8) is 0 Å². The van der Waals surface area contributed by atoms with Crippen molar-refractivity contribution in [2.45, 2.75) is 32.3 Å². The second-order valence-electron chi connectivity index (χ2n) is 6.83. The summed E-state index contributed by atoms with van der Waals surface area (Å²) in [4.78, 5) is 27.4. The number of carbonyl (C=O) groups is 2. The normalized spacial score (nSPS) is 11.8. The fourth-order valence-electron chi connectivity index (χ4n) is 2.16. The Labute approximate surface area is 160 Å². The van der Waals surface area contributed by atoms with E-state index in [9.17, 15) is 18.4 Å². The summed E-state index contributed by atoms with van der Waals surface area (Å²) in [6.45, 7) is 5.26. The Morgan fingerprint density at radius 3 is 2.33 bits per heavy atom. The summed E-state index contributed by atoms with van der Waals surface area (Å²) in [5, 5.41) is 1.91. The van der Waals surface area contributed by atoms with Crippen molar-refractivity contribution in [1.29, 1.82) is 0 Å². The zero-order valence-electron chi connectivity index (χ0n) is 15.1. The van der Waals surface area contributed by atoms with E-state index in [0.717, 1.165) is 5.56 Å². The molecule has 1 aromatic carbocycles. The average Bonchev–Trinajstić information content (AvgIpc) is 2.59. The number of nitrogens with zero attached hydrogens (tertiary/aromatic N) is 1. The highest BCUT2D eigenvalue weighted by Gasteiger charge is 2.42. The van der Waals surface area contributed by atoms with Gasteiger partial charge in [0.25, 0.3) is 0 Å². The molecule has 0 atom stereocenters. The SMILES string of the molecule is CC(C)(C)c1ccc(OC(F)(F)C(=O)NCC(=O)c2ncccc2Cl)cc1. The lowest BCUT2D eigenvalue weighted by molar-refractivity contribution is -0.192. The molecule has 0 aliphatic carbocycles. The molecular weight excluding hydrogens is 378 g/mol. The van der Waals surface area contributed by atoms with Gasteiger partial charge in [-0.3, -0.25) is 14.6 Å². The molecular formula is C19H19ClF2N2O3. The van der Waals surface area contributed by atoms with Crippen LogP contribution >= 0.6 is 11.6 Å². The van der Waals surface area contributed by atoms with Crippen LogP contribution in [0.3, 0.4) is 0 Å². The molecule has 2 aromatic rings. The van der Waals surface area contributed by atoms with E-state index in [1.54, 1.807) is 12.1 Å². The van der Waals surface area contributed by atoms with E-state index in [1.807, 2.05) is 26.1 Å². The van der Waals surface area contributed by atoms with Gasteiger partial charge < -0.3 is 10.1 Å². The first-order valence-corrected chi connectivity index (χ1v) is 8.48. The number of ether oxygens (including phenoxy) is 1. The zero-order chi connectivity index (χ0) is 20.2. The smallest absolute Gasteiger partial charge is 0.425 e. The maximum atomic E-state index is 14.0. The number of hydrogen-bond acceptors (Lipinski definition) is 4. The molecule has 2 rings (SSSR count). The van der Waals surface area contributed by atoms with E-state index in [1.165, 1.54) is 30.5 Å². The van der Waals surface area contributed by atoms with E-state index in [4.69, 9.17) is 11.6 Å². The number of alkyl halides is 2. The van der Waals surface area contributed by atoms with Crippen LogP contribution in [0.4, 0.5) is 8.78 Å². The molecule has 0 radical (unpaired) electrons. The fraction of sp³-hybridized carbons (Fsp3) is 0.316. The van der Waals surface area contributed by atoms with Gasteiger partial charge in [-0.25, -0.2) is 0 Å². The van der Waals surface area contributed by atoms with E-state index >= 15 is 0 Å². The summed E-state index contributed by atoms with van der Waals surface area (Å²) < 4.78 is 32.5. The molecule has 1 N–H and O–H groups in total. The van der Waals surface area contributed by atoms with Crippen LogP contribution in [0.25, 0.3) is 0 Å². The van der Waals surface area contributed by atoms with Gasteiger partial charge in [0.05, 0.1) is 11.6 Å². The lowest BCUT2D eigenvalue weighted by atomic mass is 9.87. The highest BCUT2D eigenvalue weighted by Crippen LogP contribution is 2.27. The van der Waals surface area contributed by atoms with Gasteiger partial charge in [-0.2, -0.15) is 8.78 Å². The number of Topliss-reactive ketones (excluding diaryl/α,β-unsaturated/α-hetero) is 1. The molecule has 27 heavy (non-hydrogen) atoms. The largest absolute Gasteiger partial charge is 0.482 e. The first-order valence-electron chi connectivity index (χ1n) is 8.10. The standard InChI is InChI=1S/C19H19ClF2N2O3/c1-18(2,3)12-6-8-13(9-7-12)27-19(21,22)17(26)24-11-15(25)16-14(20)5-4-10-23-16/h4-10H,11H2,1-3H3,(H,24,26). The monoisotopic (exact) mass is 396 g/mol. The Balaban J connectivity index is 1.98. The number of rotatable bonds is 6. The Bertz CT molecular complexity index is 834. The maximum absolute atomic E-state index is 14.0. The lowest BCUT2D eigenvalue weighted by Crippen LogP contribution is -2.46. The van der Waals surface area contributed by atoms with Gasteiger partial charge in [-0.1, -0.05) is 44.5 Å². The van der Waals surface area contributed by atoms with Gasteiger partial charge in [0.2, 0.25) is 5.78 Å². The van der Waals surface area contributed by atoms with E-state index in [2.05, 4.69) is 9.72 Å². The van der Waals surface area contributed by atoms with Crippen molar-refractivity contribution in [2.75, 3.05) is 6.54 Å². The number of carbonyl (C=O) groups excluding carboxylic acids is 2. The molecule has 0 bridgehead atoms. The molecule has 144 valence electrons. The molecule has 0 spiro atoms. The Hall–Kier alpha value is -2.54. The molecule has 0 aliphatic heterocycles. The third kappa shape index (κ3) is 5.47. The number of amides is 1. The van der Waals surface area contributed by atoms with Crippen molar-refractivity contribution < 1.29 is 23.1 Å². The number of hydrogen-bond donors (Lipinski definition) is 1. The summed E-state index contributed by atoms with van der Waals surface area (Å²) in [7, 11) is 0. The summed E-state index contributed by atoms with van der Waals surface area (Å²) in [5.41, 5.74) is 0.674. The van der Waals surface area contributed by atoms with Gasteiger partial charge in [-0.05, 0) is 35.2 Å². The van der Waals surface area contributed by atoms with E-state index < -0.39 is 24.3 Å². The Morgan fingerprint density at radius 1 is 1.15 bits per heavy atom. The van der Waals surface area contributed by atoms with Crippen molar-refractivity contribution in [1.82, 2.24) is 10.3 Å². The Morgan fingerprint density at radius 2 is 1.78 bits per heavy atom. The van der Waals surface area contributed by atoms with Gasteiger partial charge in [0.1, 0.15) is 11.4 Å². The first kappa shape index (κ1) is 20.8. The van der Waals surface area contributed by atoms with Crippen LogP contribution in [0, 0.1) is 0 Å². The van der Waals surface area contributed by atoms with Crippen LogP contribution in [0.2, 0.25) is 5.02 Å². The molecule has 1 aromatic heterocycles. The highest BCUT2D eigenvalue weighted by molar-refractivity contribution is 6.33. The minimum Gasteiger partial charge on any atom is -0.425 e. The molecule has 0 saturated heterocycles. The second kappa shape index (κ2) is 8.00. The van der Waals surface area contributed by atoms with Gasteiger partial charge in [-0.15, -0.1) is 0 Å². The molecule has 5 nitrogen and oxygen atoms in total. The van der Waals surface area contributed by atoms with Crippen molar-refractivity contribution in [3.05, 3.63) is 58.9 Å². The number of pyridine rings is 1. The number of aromatic nitrogens is 1. The maximum Gasteiger partial charge on any atom is 0.482 e. The van der Waals surface area contributed by atoms with E-state index in [0.29, 0.717) is 0 Å². The van der Waals surface area contributed by atoms with Crippen LogP contribution in [-0.2, 0) is 10.2 Å². The van der Waals surface area contributed by atoms with Crippen LogP contribution in [0.15, 0.2) is 42.6 Å². The minimum atomic E-state index is -4.14. The molecule has 0 unspecified atom stereocenters. The van der Waals surface area contributed by atoms with Crippen LogP contribution in [0.1, 0.15) is 36.8 Å². The second-order valence-corrected chi connectivity index (χ2v) is 7.24. The van der Waals surface area contributed by atoms with Crippen LogP contribution < -0.4 is 10.1 Å². The average molecular weight is 397 g/mol. The molecule has 0 saturated carbocycles. The first-order chi connectivity index (χ1) is 12.5. The zero-order valence-corrected chi connectivity index (χ0v) is 15.8. The molecule has 1 amide bonds. The third-order valence-corrected chi connectivity index (χ3v) is 3.97. The number of halogens is 3. The fourth-order valence-corrected chi connectivity index (χ4v) is 2.38. The Kier molecular flexibility index (Phi) is 6.15.